The minimum absolute atomic E-state index is 0.346. The van der Waals surface area contributed by atoms with Crippen LogP contribution in [0.3, 0.4) is 0 Å². The van der Waals surface area contributed by atoms with Crippen LogP contribution in [0.15, 0.2) is 28.1 Å². The van der Waals surface area contributed by atoms with Gasteiger partial charge in [0.05, 0.1) is 6.20 Å². The monoisotopic (exact) mass is 186 g/mol. The van der Waals surface area contributed by atoms with Crippen LogP contribution in [0.2, 0.25) is 0 Å². The van der Waals surface area contributed by atoms with Gasteiger partial charge >= 0.3 is 0 Å². The maximum Gasteiger partial charge on any atom is 0.126 e. The summed E-state index contributed by atoms with van der Waals surface area (Å²) >= 11 is 3.12. The second-order valence-corrected chi connectivity index (χ2v) is 2.24. The van der Waals surface area contributed by atoms with Crippen LogP contribution in [0.25, 0.3) is 0 Å². The molecule has 0 atom stereocenters. The summed E-state index contributed by atoms with van der Waals surface area (Å²) in [5.41, 5.74) is 0.346. The zero-order chi connectivity index (χ0) is 6.69. The van der Waals surface area contributed by atoms with Gasteiger partial charge in [0.25, 0.3) is 0 Å². The Morgan fingerprint density at radius 1 is 1.56 bits per heavy atom. The number of nitrogens with zero attached hydrogens (tertiary/aromatic N) is 2. The molecule has 0 saturated heterocycles. The van der Waals surface area contributed by atoms with E-state index in [9.17, 15) is 4.91 Å². The second kappa shape index (κ2) is 2.68. The van der Waals surface area contributed by atoms with Gasteiger partial charge in [0.2, 0.25) is 0 Å². The van der Waals surface area contributed by atoms with E-state index in [0.717, 1.165) is 0 Å². The Hall–Kier alpha value is -0.770. The minimum atomic E-state index is 0.346. The van der Waals surface area contributed by atoms with Gasteiger partial charge in [0.15, 0.2) is 0 Å². The van der Waals surface area contributed by atoms with Crippen molar-refractivity contribution < 1.29 is 0 Å². The third-order valence-electron chi connectivity index (χ3n) is 0.817. The summed E-state index contributed by atoms with van der Waals surface area (Å²) in [6.45, 7) is 0. The van der Waals surface area contributed by atoms with Crippen LogP contribution in [0, 0.1) is 4.91 Å². The van der Waals surface area contributed by atoms with Crippen LogP contribution >= 0.6 is 15.9 Å². The van der Waals surface area contributed by atoms with Crippen LogP contribution < -0.4 is 0 Å². The predicted molar refractivity (Wildman–Crippen MR) is 37.4 cm³/mol. The van der Waals surface area contributed by atoms with Gasteiger partial charge in [-0.15, -0.1) is 4.91 Å². The van der Waals surface area contributed by atoms with Crippen LogP contribution in [0.5, 0.6) is 0 Å². The van der Waals surface area contributed by atoms with E-state index in [-0.39, 0.29) is 0 Å². The standard InChI is InChI=1S/C5H3BrN2O/c6-5-2-1-4(8-9)3-7-5/h1-3H. The molecular weight excluding hydrogens is 184 g/mol. The molecule has 3 nitrogen and oxygen atoms in total. The maximum atomic E-state index is 9.81. The summed E-state index contributed by atoms with van der Waals surface area (Å²) in [6, 6.07) is 3.25. The Labute approximate surface area is 60.2 Å². The first kappa shape index (κ1) is 6.35. The molecule has 1 aromatic rings. The van der Waals surface area contributed by atoms with Crippen molar-refractivity contribution in [2.24, 2.45) is 5.18 Å². The smallest absolute Gasteiger partial charge is 0.126 e. The maximum absolute atomic E-state index is 9.81. The fourth-order valence-electron chi connectivity index (χ4n) is 0.422. The normalized spacial score (nSPS) is 9.00. The van der Waals surface area contributed by atoms with E-state index in [1.54, 1.807) is 12.1 Å². The van der Waals surface area contributed by atoms with E-state index in [1.807, 2.05) is 0 Å². The van der Waals surface area contributed by atoms with E-state index in [1.165, 1.54) is 6.20 Å². The van der Waals surface area contributed by atoms with Gasteiger partial charge in [0, 0.05) is 0 Å². The fourth-order valence-corrected chi connectivity index (χ4v) is 0.657. The molecule has 0 spiro atoms. The Morgan fingerprint density at radius 2 is 2.33 bits per heavy atom. The highest BCUT2D eigenvalue weighted by atomic mass is 79.9. The van der Waals surface area contributed by atoms with E-state index >= 15 is 0 Å². The highest BCUT2D eigenvalue weighted by molar-refractivity contribution is 9.10. The van der Waals surface area contributed by atoms with E-state index in [0.29, 0.717) is 10.3 Å². The summed E-state index contributed by atoms with van der Waals surface area (Å²) in [5, 5.41) is 2.68. The Kier molecular flexibility index (Phi) is 1.89. The lowest BCUT2D eigenvalue weighted by Crippen LogP contribution is -1.70. The third-order valence-corrected chi connectivity index (χ3v) is 1.29. The number of halogens is 1. The number of hydrogen-bond acceptors (Lipinski definition) is 3. The van der Waals surface area contributed by atoms with Crippen molar-refractivity contribution in [3.63, 3.8) is 0 Å². The largest absolute Gasteiger partial charge is 0.247 e. The van der Waals surface area contributed by atoms with Crippen molar-refractivity contribution in [1.82, 2.24) is 4.98 Å². The number of aromatic nitrogens is 1. The first-order valence-electron chi connectivity index (χ1n) is 2.28. The Balaban J connectivity index is 3.01. The summed E-state index contributed by atoms with van der Waals surface area (Å²) in [4.78, 5) is 13.6. The highest BCUT2D eigenvalue weighted by Crippen LogP contribution is 2.11. The van der Waals surface area contributed by atoms with Gasteiger partial charge in [-0.25, -0.2) is 4.98 Å². The molecule has 0 unspecified atom stereocenters. The van der Waals surface area contributed by atoms with Gasteiger partial charge in [-0.05, 0) is 33.2 Å². The molecule has 0 aliphatic rings. The molecule has 1 rings (SSSR count). The second-order valence-electron chi connectivity index (χ2n) is 1.43. The van der Waals surface area contributed by atoms with Crippen molar-refractivity contribution in [3.05, 3.63) is 27.8 Å². The lowest BCUT2D eigenvalue weighted by atomic mass is 10.4. The zero-order valence-corrected chi connectivity index (χ0v) is 6.00. The molecular formula is C5H3BrN2O. The number of nitroso groups, excluding NO2 is 1. The van der Waals surface area contributed by atoms with Gasteiger partial charge in [-0.1, -0.05) is 0 Å². The Morgan fingerprint density at radius 3 is 2.78 bits per heavy atom. The minimum Gasteiger partial charge on any atom is -0.247 e. The molecule has 0 aliphatic carbocycles. The van der Waals surface area contributed by atoms with Crippen molar-refractivity contribution >= 4 is 21.6 Å². The molecule has 0 radical (unpaired) electrons. The highest BCUT2D eigenvalue weighted by Gasteiger charge is 1.88. The quantitative estimate of drug-likeness (QED) is 0.499. The van der Waals surface area contributed by atoms with Gasteiger partial charge < -0.3 is 0 Å². The van der Waals surface area contributed by atoms with Crippen LogP contribution in [0.1, 0.15) is 0 Å². The van der Waals surface area contributed by atoms with E-state index < -0.39 is 0 Å². The van der Waals surface area contributed by atoms with Gasteiger partial charge in [-0.3, -0.25) is 0 Å². The van der Waals surface area contributed by atoms with Crippen LogP contribution in [0.4, 0.5) is 5.69 Å². The summed E-state index contributed by atoms with van der Waals surface area (Å²) < 4.78 is 0.704. The SMILES string of the molecule is O=Nc1ccc(Br)nc1. The molecule has 0 amide bonds. The van der Waals surface area contributed by atoms with Crippen molar-refractivity contribution in [2.75, 3.05) is 0 Å². The first-order valence-corrected chi connectivity index (χ1v) is 3.07. The molecule has 1 heterocycles. The third kappa shape index (κ3) is 1.57. The molecule has 0 aliphatic heterocycles. The Bertz CT molecular complexity index is 209. The average molecular weight is 187 g/mol. The molecule has 46 valence electrons. The summed E-state index contributed by atoms with van der Waals surface area (Å²) in [5.74, 6) is 0. The molecule has 4 heteroatoms. The number of rotatable bonds is 1. The lowest BCUT2D eigenvalue weighted by molar-refractivity contribution is 1.26. The van der Waals surface area contributed by atoms with E-state index in [2.05, 4.69) is 26.1 Å². The average Bonchev–Trinajstić information content (AvgIpc) is 1.90. The van der Waals surface area contributed by atoms with Crippen molar-refractivity contribution in [2.45, 2.75) is 0 Å². The summed E-state index contributed by atoms with van der Waals surface area (Å²) in [6.07, 6.45) is 1.40. The number of pyridine rings is 1. The molecule has 9 heavy (non-hydrogen) atoms. The van der Waals surface area contributed by atoms with Crippen molar-refractivity contribution in [1.29, 1.82) is 0 Å². The summed E-state index contributed by atoms with van der Waals surface area (Å²) in [7, 11) is 0. The molecule has 0 N–H and O–H groups in total. The topological polar surface area (TPSA) is 42.3 Å². The number of hydrogen-bond donors (Lipinski definition) is 0. The lowest BCUT2D eigenvalue weighted by Gasteiger charge is -1.85. The fraction of sp³-hybridized carbons (Fsp3) is 0. The molecule has 0 bridgehead atoms. The van der Waals surface area contributed by atoms with Crippen LogP contribution in [-0.2, 0) is 0 Å². The molecule has 1 aromatic heterocycles. The van der Waals surface area contributed by atoms with Gasteiger partial charge in [0.1, 0.15) is 10.3 Å². The molecule has 0 aromatic carbocycles. The predicted octanol–water partition coefficient (Wildman–Crippen LogP) is 2.24. The van der Waals surface area contributed by atoms with Gasteiger partial charge in [-0.2, -0.15) is 0 Å². The zero-order valence-electron chi connectivity index (χ0n) is 4.41. The van der Waals surface area contributed by atoms with Crippen molar-refractivity contribution in [3.8, 4) is 0 Å². The molecule has 0 saturated carbocycles. The van der Waals surface area contributed by atoms with Crippen LogP contribution in [-0.4, -0.2) is 4.98 Å². The molecule has 0 fully saturated rings. The van der Waals surface area contributed by atoms with E-state index in [4.69, 9.17) is 0 Å². The first-order chi connectivity index (χ1) is 4.33.